The summed E-state index contributed by atoms with van der Waals surface area (Å²) in [7, 11) is 0. The van der Waals surface area contributed by atoms with Gasteiger partial charge in [0.05, 0.1) is 5.56 Å². The third-order valence-corrected chi connectivity index (χ3v) is 5.89. The summed E-state index contributed by atoms with van der Waals surface area (Å²) in [6.07, 6.45) is 12.7. The lowest BCUT2D eigenvalue weighted by Gasteiger charge is -2.10. The molecule has 0 fully saturated rings. The van der Waals surface area contributed by atoms with Crippen LogP contribution in [0.25, 0.3) is 0 Å². The van der Waals surface area contributed by atoms with Crippen LogP contribution in [-0.2, 0) is 17.6 Å². The molecule has 0 bridgehead atoms. The molecule has 1 aromatic heterocycles. The molecule has 1 heterocycles. The van der Waals surface area contributed by atoms with Gasteiger partial charge in [0.15, 0.2) is 0 Å². The predicted octanol–water partition coefficient (Wildman–Crippen LogP) is 4.81. The van der Waals surface area contributed by atoms with Gasteiger partial charge in [0.1, 0.15) is 5.00 Å². The Morgan fingerprint density at radius 1 is 1.04 bits per heavy atom. The smallest absolute Gasteiger partial charge is 0.251 e. The summed E-state index contributed by atoms with van der Waals surface area (Å²) in [6.45, 7) is 2.18. The summed E-state index contributed by atoms with van der Waals surface area (Å²) in [5, 5.41) is 3.63. The Balaban J connectivity index is 2.02. The lowest BCUT2D eigenvalue weighted by atomic mass is 9.96. The fraction of sp³-hybridized carbons (Fsp3) is 0.684. The Hall–Kier alpha value is -1.36. The Kier molecular flexibility index (Phi) is 7.76. The summed E-state index contributed by atoms with van der Waals surface area (Å²) in [5.41, 5.74) is 7.27. The minimum atomic E-state index is -0.411. The number of hydrogen-bond acceptors (Lipinski definition) is 3. The van der Waals surface area contributed by atoms with Crippen LogP contribution < -0.4 is 11.1 Å². The van der Waals surface area contributed by atoms with E-state index in [9.17, 15) is 9.59 Å². The maximum atomic E-state index is 12.2. The molecule has 0 saturated heterocycles. The number of carbonyl (C=O) groups excluding carboxylic acids is 2. The molecule has 0 spiro atoms. The van der Waals surface area contributed by atoms with Crippen LogP contribution in [0.3, 0.4) is 0 Å². The molecular formula is C19H30N2O2S. The highest BCUT2D eigenvalue weighted by Crippen LogP contribution is 2.36. The van der Waals surface area contributed by atoms with Crippen molar-refractivity contribution < 1.29 is 9.59 Å². The minimum absolute atomic E-state index is 0.00298. The van der Waals surface area contributed by atoms with Crippen molar-refractivity contribution in [3.8, 4) is 0 Å². The van der Waals surface area contributed by atoms with Gasteiger partial charge in [0.25, 0.3) is 5.91 Å². The first-order valence-corrected chi connectivity index (χ1v) is 10.2. The zero-order valence-electron chi connectivity index (χ0n) is 14.8. The summed E-state index contributed by atoms with van der Waals surface area (Å²) in [5.74, 6) is -0.408. The number of thiophene rings is 1. The Morgan fingerprint density at radius 3 is 2.46 bits per heavy atom. The van der Waals surface area contributed by atoms with Crippen LogP contribution in [0.4, 0.5) is 5.00 Å². The van der Waals surface area contributed by atoms with E-state index in [-0.39, 0.29) is 5.91 Å². The molecule has 2 rings (SSSR count). The van der Waals surface area contributed by atoms with Gasteiger partial charge in [0.2, 0.25) is 5.91 Å². The lowest BCUT2D eigenvalue weighted by Crippen LogP contribution is -2.18. The summed E-state index contributed by atoms with van der Waals surface area (Å²) >= 11 is 1.56. The van der Waals surface area contributed by atoms with Crippen molar-refractivity contribution in [2.45, 2.75) is 84.0 Å². The van der Waals surface area contributed by atoms with E-state index in [0.717, 1.165) is 44.1 Å². The number of unbranched alkanes of at least 4 members (excludes halogenated alkanes) is 4. The van der Waals surface area contributed by atoms with Crippen LogP contribution in [0.2, 0.25) is 0 Å². The van der Waals surface area contributed by atoms with Gasteiger partial charge in [0, 0.05) is 11.3 Å². The van der Waals surface area contributed by atoms with Crippen LogP contribution >= 0.6 is 11.3 Å². The zero-order valence-corrected chi connectivity index (χ0v) is 15.6. The number of carbonyl (C=O) groups is 2. The van der Waals surface area contributed by atoms with E-state index in [2.05, 4.69) is 12.2 Å². The highest BCUT2D eigenvalue weighted by Gasteiger charge is 2.23. The molecule has 0 unspecified atom stereocenters. The monoisotopic (exact) mass is 350 g/mol. The third-order valence-electron chi connectivity index (χ3n) is 4.68. The largest absolute Gasteiger partial charge is 0.365 e. The molecule has 1 aliphatic carbocycles. The number of primary amides is 1. The standard InChI is InChI=1S/C19H30N2O2S/c1-2-3-4-5-10-13-16(22)21-19-17(18(20)23)14-11-8-6-7-9-12-15(14)24-19/h2-13H2,1H3,(H2,20,23)(H,21,22). The van der Waals surface area contributed by atoms with Gasteiger partial charge in [-0.3, -0.25) is 9.59 Å². The quantitative estimate of drug-likeness (QED) is 0.661. The van der Waals surface area contributed by atoms with Gasteiger partial charge in [-0.25, -0.2) is 0 Å². The maximum absolute atomic E-state index is 12.2. The van der Waals surface area contributed by atoms with E-state index < -0.39 is 5.91 Å². The van der Waals surface area contributed by atoms with Crippen molar-refractivity contribution in [2.75, 3.05) is 5.32 Å². The van der Waals surface area contributed by atoms with Crippen LogP contribution in [0.5, 0.6) is 0 Å². The molecule has 134 valence electrons. The van der Waals surface area contributed by atoms with Crippen molar-refractivity contribution in [3.63, 3.8) is 0 Å². The molecule has 0 atom stereocenters. The highest BCUT2D eigenvalue weighted by molar-refractivity contribution is 7.17. The van der Waals surface area contributed by atoms with E-state index in [1.54, 1.807) is 11.3 Å². The van der Waals surface area contributed by atoms with Crippen molar-refractivity contribution in [1.29, 1.82) is 0 Å². The van der Waals surface area contributed by atoms with E-state index in [1.165, 1.54) is 37.0 Å². The summed E-state index contributed by atoms with van der Waals surface area (Å²) in [4.78, 5) is 25.4. The average Bonchev–Trinajstić information content (AvgIpc) is 2.84. The van der Waals surface area contributed by atoms with Gasteiger partial charge in [-0.05, 0) is 37.7 Å². The zero-order chi connectivity index (χ0) is 17.4. The van der Waals surface area contributed by atoms with E-state index in [0.29, 0.717) is 17.0 Å². The number of fused-ring (bicyclic) bond motifs is 1. The first-order chi connectivity index (χ1) is 11.6. The molecule has 0 radical (unpaired) electrons. The molecule has 4 nitrogen and oxygen atoms in total. The molecule has 0 saturated carbocycles. The van der Waals surface area contributed by atoms with Gasteiger partial charge in [-0.15, -0.1) is 11.3 Å². The van der Waals surface area contributed by atoms with Crippen molar-refractivity contribution in [2.24, 2.45) is 5.73 Å². The number of anilines is 1. The molecule has 5 heteroatoms. The number of amides is 2. The number of nitrogens with one attached hydrogen (secondary N) is 1. The van der Waals surface area contributed by atoms with Gasteiger partial charge in [-0.2, -0.15) is 0 Å². The fourth-order valence-corrected chi connectivity index (χ4v) is 4.66. The molecule has 1 aromatic rings. The molecule has 0 aliphatic heterocycles. The molecule has 0 aromatic carbocycles. The predicted molar refractivity (Wildman–Crippen MR) is 101 cm³/mol. The minimum Gasteiger partial charge on any atom is -0.365 e. The van der Waals surface area contributed by atoms with Crippen molar-refractivity contribution in [1.82, 2.24) is 0 Å². The number of aryl methyl sites for hydroxylation is 1. The van der Waals surface area contributed by atoms with Gasteiger partial charge >= 0.3 is 0 Å². The van der Waals surface area contributed by atoms with Crippen LogP contribution in [0.15, 0.2) is 0 Å². The van der Waals surface area contributed by atoms with E-state index in [4.69, 9.17) is 5.73 Å². The summed E-state index contributed by atoms with van der Waals surface area (Å²) in [6, 6.07) is 0. The van der Waals surface area contributed by atoms with Crippen molar-refractivity contribution >= 4 is 28.2 Å². The molecule has 3 N–H and O–H groups in total. The Morgan fingerprint density at radius 2 is 1.75 bits per heavy atom. The lowest BCUT2D eigenvalue weighted by molar-refractivity contribution is -0.116. The summed E-state index contributed by atoms with van der Waals surface area (Å²) < 4.78 is 0. The second kappa shape index (κ2) is 9.82. The van der Waals surface area contributed by atoms with Crippen LogP contribution in [0.1, 0.15) is 91.9 Å². The van der Waals surface area contributed by atoms with Crippen LogP contribution in [-0.4, -0.2) is 11.8 Å². The number of hydrogen-bond donors (Lipinski definition) is 2. The van der Waals surface area contributed by atoms with Crippen molar-refractivity contribution in [3.05, 3.63) is 16.0 Å². The normalized spacial score (nSPS) is 14.5. The highest BCUT2D eigenvalue weighted by atomic mass is 32.1. The van der Waals surface area contributed by atoms with Crippen LogP contribution in [0, 0.1) is 0 Å². The van der Waals surface area contributed by atoms with Gasteiger partial charge < -0.3 is 11.1 Å². The third kappa shape index (κ3) is 5.33. The second-order valence-electron chi connectivity index (χ2n) is 6.70. The number of rotatable bonds is 8. The Labute approximate surface area is 149 Å². The fourth-order valence-electron chi connectivity index (χ4n) is 3.35. The molecular weight excluding hydrogens is 320 g/mol. The van der Waals surface area contributed by atoms with E-state index >= 15 is 0 Å². The first kappa shape index (κ1) is 19.0. The first-order valence-electron chi connectivity index (χ1n) is 9.37. The molecule has 1 aliphatic rings. The second-order valence-corrected chi connectivity index (χ2v) is 7.80. The average molecular weight is 351 g/mol. The molecule has 2 amide bonds. The maximum Gasteiger partial charge on any atom is 0.251 e. The molecule has 24 heavy (non-hydrogen) atoms. The SMILES string of the molecule is CCCCCCCC(=O)Nc1sc2c(c1C(N)=O)CCCCCC2. The Bertz CT molecular complexity index is 566. The topological polar surface area (TPSA) is 72.2 Å². The van der Waals surface area contributed by atoms with Gasteiger partial charge in [-0.1, -0.05) is 45.4 Å². The number of nitrogens with two attached hydrogens (primary N) is 1. The van der Waals surface area contributed by atoms with E-state index in [1.807, 2.05) is 0 Å².